The van der Waals surface area contributed by atoms with Gasteiger partial charge in [-0.25, -0.2) is 9.78 Å². The first kappa shape index (κ1) is 19.2. The summed E-state index contributed by atoms with van der Waals surface area (Å²) in [6, 6.07) is 9.20. The zero-order valence-corrected chi connectivity index (χ0v) is 16.9. The van der Waals surface area contributed by atoms with E-state index in [0.29, 0.717) is 22.9 Å². The van der Waals surface area contributed by atoms with Gasteiger partial charge in [-0.05, 0) is 23.8 Å². The van der Waals surface area contributed by atoms with Gasteiger partial charge in [0.05, 0.1) is 19.2 Å². The molecule has 0 aliphatic carbocycles. The highest BCUT2D eigenvalue weighted by Crippen LogP contribution is 2.37. The number of carbonyl (C=O) groups is 1. The molecule has 1 aromatic carbocycles. The van der Waals surface area contributed by atoms with Crippen molar-refractivity contribution in [3.05, 3.63) is 58.0 Å². The van der Waals surface area contributed by atoms with Crippen LogP contribution in [-0.2, 0) is 16.6 Å². The first-order valence-corrected chi connectivity index (χ1v) is 9.05. The molecule has 1 N–H and O–H groups in total. The van der Waals surface area contributed by atoms with Gasteiger partial charge in [0.2, 0.25) is 0 Å². The summed E-state index contributed by atoms with van der Waals surface area (Å²) in [5.41, 5.74) is 4.15. The molecule has 0 fully saturated rings. The highest BCUT2D eigenvalue weighted by molar-refractivity contribution is 6.32. The maximum Gasteiger partial charge on any atom is 0.356 e. The van der Waals surface area contributed by atoms with Crippen molar-refractivity contribution in [2.24, 2.45) is 0 Å². The quantitative estimate of drug-likeness (QED) is 0.648. The van der Waals surface area contributed by atoms with Crippen LogP contribution in [0.2, 0.25) is 5.02 Å². The summed E-state index contributed by atoms with van der Waals surface area (Å²) in [6.07, 6.45) is 0.570. The number of halogens is 1. The number of H-pyrrole nitrogens is 1. The number of nitrogens with zero attached hydrogens (tertiary/aromatic N) is 1. The van der Waals surface area contributed by atoms with E-state index in [4.69, 9.17) is 21.1 Å². The van der Waals surface area contributed by atoms with Gasteiger partial charge < -0.3 is 14.5 Å². The third-order valence-corrected chi connectivity index (χ3v) is 4.78. The Morgan fingerprint density at radius 2 is 1.96 bits per heavy atom. The van der Waals surface area contributed by atoms with Crippen molar-refractivity contribution < 1.29 is 14.3 Å². The highest BCUT2D eigenvalue weighted by Gasteiger charge is 2.24. The fourth-order valence-corrected chi connectivity index (χ4v) is 3.45. The molecule has 0 saturated heterocycles. The maximum absolute atomic E-state index is 11.8. The summed E-state index contributed by atoms with van der Waals surface area (Å²) >= 11 is 6.37. The molecule has 0 spiro atoms. The number of aromatic amines is 1. The molecule has 3 aromatic rings. The Balaban J connectivity index is 2.15. The molecule has 27 heavy (non-hydrogen) atoms. The molecule has 2 aromatic heterocycles. The number of aromatic nitrogens is 2. The smallest absolute Gasteiger partial charge is 0.356 e. The number of carbonyl (C=O) groups excluding carboxylic acids is 1. The van der Waals surface area contributed by atoms with Crippen LogP contribution in [0, 0.1) is 0 Å². The Kier molecular flexibility index (Phi) is 5.16. The topological polar surface area (TPSA) is 64.2 Å². The van der Waals surface area contributed by atoms with E-state index in [1.807, 2.05) is 24.3 Å². The average Bonchev–Trinajstić information content (AvgIpc) is 2.98. The maximum atomic E-state index is 11.8. The summed E-state index contributed by atoms with van der Waals surface area (Å²) in [4.78, 5) is 19.8. The van der Waals surface area contributed by atoms with Crippen LogP contribution in [0.25, 0.3) is 10.9 Å². The van der Waals surface area contributed by atoms with Gasteiger partial charge >= 0.3 is 5.97 Å². The molecule has 0 aliphatic heterocycles. The average molecular weight is 387 g/mol. The second-order valence-corrected chi connectivity index (χ2v) is 7.85. The summed E-state index contributed by atoms with van der Waals surface area (Å²) in [6.45, 7) is 6.45. The van der Waals surface area contributed by atoms with Crippen molar-refractivity contribution in [1.29, 1.82) is 0 Å². The second kappa shape index (κ2) is 7.24. The highest BCUT2D eigenvalue weighted by atomic mass is 35.5. The first-order chi connectivity index (χ1) is 12.7. The van der Waals surface area contributed by atoms with Crippen LogP contribution < -0.4 is 4.74 Å². The Labute approximate surface area is 163 Å². The van der Waals surface area contributed by atoms with Gasteiger partial charge in [0, 0.05) is 40.2 Å². The van der Waals surface area contributed by atoms with E-state index >= 15 is 0 Å². The minimum absolute atomic E-state index is 0.103. The number of hydrogen-bond acceptors (Lipinski definition) is 4. The molecule has 0 saturated carbocycles. The zero-order chi connectivity index (χ0) is 19.8. The van der Waals surface area contributed by atoms with Crippen molar-refractivity contribution in [2.45, 2.75) is 32.6 Å². The first-order valence-electron chi connectivity index (χ1n) is 8.67. The number of nitrogens with one attached hydrogen (secondary N) is 1. The molecular formula is C21H23ClN2O3. The number of benzene rings is 1. The van der Waals surface area contributed by atoms with Crippen molar-refractivity contribution in [2.75, 3.05) is 14.2 Å². The molecule has 2 heterocycles. The molecule has 3 rings (SSSR count). The minimum Gasteiger partial charge on any atom is -0.495 e. The number of hydrogen-bond donors (Lipinski definition) is 1. The van der Waals surface area contributed by atoms with E-state index in [0.717, 1.165) is 27.9 Å². The molecule has 0 aliphatic rings. The van der Waals surface area contributed by atoms with Crippen molar-refractivity contribution >= 4 is 28.5 Å². The largest absolute Gasteiger partial charge is 0.495 e. The van der Waals surface area contributed by atoms with Crippen molar-refractivity contribution in [3.8, 4) is 5.75 Å². The van der Waals surface area contributed by atoms with E-state index in [2.05, 4.69) is 30.7 Å². The summed E-state index contributed by atoms with van der Waals surface area (Å²) < 4.78 is 10.1. The van der Waals surface area contributed by atoms with Crippen LogP contribution in [0.4, 0.5) is 0 Å². The van der Waals surface area contributed by atoms with Crippen LogP contribution in [0.5, 0.6) is 5.75 Å². The molecule has 0 unspecified atom stereocenters. The Morgan fingerprint density at radius 3 is 2.59 bits per heavy atom. The summed E-state index contributed by atoms with van der Waals surface area (Å²) in [7, 11) is 2.95. The molecule has 0 radical (unpaired) electrons. The van der Waals surface area contributed by atoms with E-state index in [-0.39, 0.29) is 5.41 Å². The molecule has 0 amide bonds. The van der Waals surface area contributed by atoms with Gasteiger partial charge in [-0.1, -0.05) is 38.4 Å². The van der Waals surface area contributed by atoms with E-state index in [1.165, 1.54) is 7.11 Å². The minimum atomic E-state index is -0.445. The molecular weight excluding hydrogens is 364 g/mol. The lowest BCUT2D eigenvalue weighted by Gasteiger charge is -2.19. The predicted octanol–water partition coefficient (Wildman–Crippen LogP) is 4.90. The van der Waals surface area contributed by atoms with Crippen molar-refractivity contribution in [1.82, 2.24) is 9.97 Å². The molecule has 0 bridgehead atoms. The Bertz CT molecular complexity index is 1000. The fraction of sp³-hybridized carbons (Fsp3) is 0.333. The van der Waals surface area contributed by atoms with Gasteiger partial charge in [0.1, 0.15) is 11.4 Å². The summed E-state index contributed by atoms with van der Waals surface area (Å²) in [5.74, 6) is 0.183. The number of esters is 1. The van der Waals surface area contributed by atoms with Gasteiger partial charge in [-0.3, -0.25) is 0 Å². The lowest BCUT2D eigenvalue weighted by Crippen LogP contribution is -2.15. The zero-order valence-electron chi connectivity index (χ0n) is 16.1. The third kappa shape index (κ3) is 3.78. The summed E-state index contributed by atoms with van der Waals surface area (Å²) in [5, 5.41) is 1.58. The normalized spacial score (nSPS) is 11.6. The van der Waals surface area contributed by atoms with Crippen molar-refractivity contribution in [3.63, 3.8) is 0 Å². The Hall–Kier alpha value is -2.53. The lowest BCUT2D eigenvalue weighted by atomic mass is 9.87. The van der Waals surface area contributed by atoms with Gasteiger partial charge in [0.25, 0.3) is 0 Å². The predicted molar refractivity (Wildman–Crippen MR) is 107 cm³/mol. The number of methoxy groups -OCH3 is 2. The second-order valence-electron chi connectivity index (χ2n) is 7.44. The van der Waals surface area contributed by atoms with Crippen LogP contribution in [0.15, 0.2) is 30.3 Å². The molecule has 5 nitrogen and oxygen atoms in total. The number of pyridine rings is 1. The van der Waals surface area contributed by atoms with Crippen LogP contribution >= 0.6 is 11.6 Å². The van der Waals surface area contributed by atoms with Crippen LogP contribution in [0.3, 0.4) is 0 Å². The van der Waals surface area contributed by atoms with Gasteiger partial charge in [-0.2, -0.15) is 0 Å². The van der Waals surface area contributed by atoms with E-state index in [1.54, 1.807) is 13.2 Å². The monoisotopic (exact) mass is 386 g/mol. The standard InChI is InChI=1S/C21H23ClN2O3/c1-21(2,3)19-14(9-12-7-6-8-16(23-12)20(25)27-5)13-10-15(22)18(26-4)11-17(13)24-19/h6-8,10-11,24H,9H2,1-5H3. The molecule has 142 valence electrons. The SMILES string of the molecule is COC(=O)c1cccc(Cc2c(C(C)(C)C)[nH]c3cc(OC)c(Cl)cc23)n1. The molecule has 0 atom stereocenters. The van der Waals surface area contributed by atoms with Gasteiger partial charge in [-0.15, -0.1) is 0 Å². The number of ether oxygens (including phenoxy) is 2. The van der Waals surface area contributed by atoms with Crippen LogP contribution in [0.1, 0.15) is 48.2 Å². The third-order valence-electron chi connectivity index (χ3n) is 4.49. The molecule has 6 heteroatoms. The number of rotatable bonds is 4. The van der Waals surface area contributed by atoms with Crippen LogP contribution in [-0.4, -0.2) is 30.2 Å². The van der Waals surface area contributed by atoms with E-state index in [9.17, 15) is 4.79 Å². The fourth-order valence-electron chi connectivity index (χ4n) is 3.21. The Morgan fingerprint density at radius 1 is 1.22 bits per heavy atom. The lowest BCUT2D eigenvalue weighted by molar-refractivity contribution is 0.0593. The van der Waals surface area contributed by atoms with Gasteiger partial charge in [0.15, 0.2) is 0 Å². The number of fused-ring (bicyclic) bond motifs is 1. The van der Waals surface area contributed by atoms with E-state index < -0.39 is 5.97 Å².